The van der Waals surface area contributed by atoms with Crippen LogP contribution in [-0.4, -0.2) is 28.0 Å². The molecule has 1 atom stereocenters. The van der Waals surface area contributed by atoms with E-state index in [4.69, 9.17) is 0 Å². The summed E-state index contributed by atoms with van der Waals surface area (Å²) < 4.78 is 2.07. The first-order chi connectivity index (χ1) is 8.83. The highest BCUT2D eigenvalue weighted by Crippen LogP contribution is 2.31. The lowest BCUT2D eigenvalue weighted by Gasteiger charge is -2.13. The fourth-order valence-electron chi connectivity index (χ4n) is 1.49. The Morgan fingerprint density at radius 3 is 2.56 bits per heavy atom. The van der Waals surface area contributed by atoms with Gasteiger partial charge in [0.05, 0.1) is 0 Å². The fourth-order valence-corrected chi connectivity index (χ4v) is 4.60. The zero-order valence-corrected chi connectivity index (χ0v) is 13.3. The second-order valence-corrected chi connectivity index (χ2v) is 7.30. The van der Waals surface area contributed by atoms with Crippen molar-refractivity contribution in [2.45, 2.75) is 14.6 Å². The molecule has 96 valence electrons. The molecule has 0 saturated heterocycles. The molecular formula is C12H14N2S4. The van der Waals surface area contributed by atoms with E-state index in [0.717, 1.165) is 20.2 Å². The maximum absolute atomic E-state index is 4.45. The largest absolute Gasteiger partial charge is 0.179 e. The number of rotatable bonds is 6. The lowest BCUT2D eigenvalue weighted by Crippen LogP contribution is -2.03. The quantitative estimate of drug-likeness (QED) is 0.642. The molecule has 0 aliphatic heterocycles. The standard InChI is InChI=1S/C12H14N2S4/c1-16-11-13-14-12(18-11)17-8-10(7-15)9-5-3-2-4-6-9/h2-6,10,15H,7-8H2,1H3. The fraction of sp³-hybridized carbons (Fsp3) is 0.333. The summed E-state index contributed by atoms with van der Waals surface area (Å²) in [7, 11) is 0. The third kappa shape index (κ3) is 3.91. The van der Waals surface area contributed by atoms with Crippen LogP contribution in [-0.2, 0) is 0 Å². The van der Waals surface area contributed by atoms with Gasteiger partial charge in [0.15, 0.2) is 8.68 Å². The SMILES string of the molecule is CSc1nnc(SCC(CS)c2ccccc2)s1. The van der Waals surface area contributed by atoms with Gasteiger partial charge in [-0.2, -0.15) is 12.6 Å². The molecule has 0 bridgehead atoms. The summed E-state index contributed by atoms with van der Waals surface area (Å²) in [4.78, 5) is 0. The maximum Gasteiger partial charge on any atom is 0.175 e. The van der Waals surface area contributed by atoms with Crippen molar-refractivity contribution in [3.05, 3.63) is 35.9 Å². The van der Waals surface area contributed by atoms with Crippen LogP contribution in [0.5, 0.6) is 0 Å². The second-order valence-electron chi connectivity index (χ2n) is 3.64. The van der Waals surface area contributed by atoms with Crippen LogP contribution in [0.1, 0.15) is 11.5 Å². The average Bonchev–Trinajstić information content (AvgIpc) is 2.89. The molecule has 18 heavy (non-hydrogen) atoms. The predicted octanol–water partition coefficient (Wildman–Crippen LogP) is 4.07. The number of nitrogens with zero attached hydrogens (tertiary/aromatic N) is 2. The van der Waals surface area contributed by atoms with Gasteiger partial charge in [0, 0.05) is 11.7 Å². The summed E-state index contributed by atoms with van der Waals surface area (Å²) >= 11 is 9.52. The Balaban J connectivity index is 1.95. The number of hydrogen-bond donors (Lipinski definition) is 1. The van der Waals surface area contributed by atoms with E-state index >= 15 is 0 Å². The minimum Gasteiger partial charge on any atom is -0.179 e. The summed E-state index contributed by atoms with van der Waals surface area (Å²) in [5.41, 5.74) is 1.34. The van der Waals surface area contributed by atoms with E-state index in [1.807, 2.05) is 12.3 Å². The van der Waals surface area contributed by atoms with E-state index in [9.17, 15) is 0 Å². The molecule has 1 unspecified atom stereocenters. The van der Waals surface area contributed by atoms with Crippen molar-refractivity contribution in [3.8, 4) is 0 Å². The number of thioether (sulfide) groups is 2. The topological polar surface area (TPSA) is 25.8 Å². The average molecular weight is 315 g/mol. The van der Waals surface area contributed by atoms with Crippen LogP contribution in [0.3, 0.4) is 0 Å². The van der Waals surface area contributed by atoms with E-state index < -0.39 is 0 Å². The molecule has 6 heteroatoms. The van der Waals surface area contributed by atoms with Gasteiger partial charge in [0.1, 0.15) is 0 Å². The molecule has 1 aromatic carbocycles. The van der Waals surface area contributed by atoms with Crippen molar-refractivity contribution in [1.82, 2.24) is 10.2 Å². The highest BCUT2D eigenvalue weighted by Gasteiger charge is 2.12. The van der Waals surface area contributed by atoms with Crippen molar-refractivity contribution < 1.29 is 0 Å². The Morgan fingerprint density at radius 2 is 1.94 bits per heavy atom. The number of thiol groups is 1. The molecule has 0 radical (unpaired) electrons. The van der Waals surface area contributed by atoms with Gasteiger partial charge in [0.2, 0.25) is 0 Å². The van der Waals surface area contributed by atoms with E-state index in [1.54, 1.807) is 34.9 Å². The number of hydrogen-bond acceptors (Lipinski definition) is 6. The van der Waals surface area contributed by atoms with Gasteiger partial charge < -0.3 is 0 Å². The lowest BCUT2D eigenvalue weighted by atomic mass is 10.0. The van der Waals surface area contributed by atoms with Crippen LogP contribution in [0.15, 0.2) is 39.0 Å². The Labute approximate surface area is 125 Å². The minimum atomic E-state index is 0.459. The molecule has 2 nitrogen and oxygen atoms in total. The first kappa shape index (κ1) is 14.2. The van der Waals surface area contributed by atoms with Gasteiger partial charge in [-0.15, -0.1) is 10.2 Å². The van der Waals surface area contributed by atoms with Gasteiger partial charge in [-0.1, -0.05) is 65.2 Å². The lowest BCUT2D eigenvalue weighted by molar-refractivity contribution is 0.893. The first-order valence-electron chi connectivity index (χ1n) is 5.49. The summed E-state index contributed by atoms with van der Waals surface area (Å²) in [6, 6.07) is 10.5. The van der Waals surface area contributed by atoms with Crippen LogP contribution in [0.25, 0.3) is 0 Å². The third-order valence-corrected chi connectivity index (χ3v) is 6.10. The molecule has 0 fully saturated rings. The summed E-state index contributed by atoms with van der Waals surface area (Å²) in [6.45, 7) is 0. The van der Waals surface area contributed by atoms with Crippen molar-refractivity contribution in [1.29, 1.82) is 0 Å². The monoisotopic (exact) mass is 314 g/mol. The van der Waals surface area contributed by atoms with Crippen molar-refractivity contribution in [2.75, 3.05) is 17.8 Å². The van der Waals surface area contributed by atoms with Crippen LogP contribution in [0, 0.1) is 0 Å². The Hall–Kier alpha value is -0.170. The highest BCUT2D eigenvalue weighted by atomic mass is 32.2. The third-order valence-electron chi connectivity index (χ3n) is 2.46. The second kappa shape index (κ2) is 7.43. The maximum atomic E-state index is 4.45. The van der Waals surface area contributed by atoms with E-state index in [-0.39, 0.29) is 0 Å². The van der Waals surface area contributed by atoms with Crippen LogP contribution >= 0.6 is 47.5 Å². The van der Waals surface area contributed by atoms with Crippen molar-refractivity contribution in [3.63, 3.8) is 0 Å². The molecule has 0 saturated carbocycles. The van der Waals surface area contributed by atoms with Gasteiger partial charge >= 0.3 is 0 Å². The van der Waals surface area contributed by atoms with Gasteiger partial charge in [0.25, 0.3) is 0 Å². The molecule has 2 aromatic rings. The molecule has 0 aliphatic carbocycles. The van der Waals surface area contributed by atoms with Gasteiger partial charge in [-0.3, -0.25) is 0 Å². The smallest absolute Gasteiger partial charge is 0.175 e. The van der Waals surface area contributed by atoms with Crippen LogP contribution in [0.4, 0.5) is 0 Å². The molecule has 0 N–H and O–H groups in total. The Morgan fingerprint density at radius 1 is 1.22 bits per heavy atom. The number of benzene rings is 1. The Bertz CT molecular complexity index is 472. The molecule has 1 aromatic heterocycles. The first-order valence-corrected chi connectivity index (χ1v) is 9.15. The molecule has 0 aliphatic rings. The van der Waals surface area contributed by atoms with E-state index in [2.05, 4.69) is 47.1 Å². The summed E-state index contributed by atoms with van der Waals surface area (Å²) in [6.07, 6.45) is 2.02. The van der Waals surface area contributed by atoms with Crippen LogP contribution < -0.4 is 0 Å². The zero-order chi connectivity index (χ0) is 12.8. The zero-order valence-electron chi connectivity index (χ0n) is 9.94. The highest BCUT2D eigenvalue weighted by molar-refractivity contribution is 8.03. The Kier molecular flexibility index (Phi) is 5.88. The molecular weight excluding hydrogens is 300 g/mol. The predicted molar refractivity (Wildman–Crippen MR) is 85.5 cm³/mol. The van der Waals surface area contributed by atoms with Crippen molar-refractivity contribution in [2.24, 2.45) is 0 Å². The molecule has 0 amide bonds. The molecule has 0 spiro atoms. The summed E-state index contributed by atoms with van der Waals surface area (Å²) in [5.74, 6) is 2.31. The molecule has 2 rings (SSSR count). The van der Waals surface area contributed by atoms with E-state index in [1.165, 1.54) is 5.56 Å². The van der Waals surface area contributed by atoms with Gasteiger partial charge in [-0.05, 0) is 17.6 Å². The van der Waals surface area contributed by atoms with Crippen molar-refractivity contribution >= 4 is 47.5 Å². The normalized spacial score (nSPS) is 12.6. The van der Waals surface area contributed by atoms with E-state index in [0.29, 0.717) is 5.92 Å². The minimum absolute atomic E-state index is 0.459. The number of aromatic nitrogens is 2. The summed E-state index contributed by atoms with van der Waals surface area (Å²) in [5, 5.41) is 8.28. The van der Waals surface area contributed by atoms with Crippen LogP contribution in [0.2, 0.25) is 0 Å². The van der Waals surface area contributed by atoms with Gasteiger partial charge in [-0.25, -0.2) is 0 Å². The molecule has 1 heterocycles.